The van der Waals surface area contributed by atoms with Crippen LogP contribution in [0.3, 0.4) is 0 Å². The molecule has 1 amide bonds. The van der Waals surface area contributed by atoms with E-state index in [0.29, 0.717) is 6.42 Å². The molecule has 9 heteroatoms. The lowest BCUT2D eigenvalue weighted by Gasteiger charge is -2.23. The Hall–Kier alpha value is -0.760. The first-order valence-electron chi connectivity index (χ1n) is 16.3. The summed E-state index contributed by atoms with van der Waals surface area (Å²) in [5.41, 5.74) is 5.32. The largest absolute Gasteiger partial charge is 0.472 e. The van der Waals surface area contributed by atoms with Crippen LogP contribution in [0.5, 0.6) is 0 Å². The lowest BCUT2D eigenvalue weighted by molar-refractivity contribution is -0.123. The van der Waals surface area contributed by atoms with Gasteiger partial charge in [0.05, 0.1) is 25.4 Å². The maximum atomic E-state index is 12.5. The van der Waals surface area contributed by atoms with Gasteiger partial charge < -0.3 is 21.1 Å². The molecule has 0 fully saturated rings. The molecule has 0 radical (unpaired) electrons. The van der Waals surface area contributed by atoms with Crippen molar-refractivity contribution in [1.82, 2.24) is 5.32 Å². The summed E-state index contributed by atoms with van der Waals surface area (Å²) in [6.45, 7) is 4.06. The number of carbonyl (C=O) groups excluding carboxylic acids is 1. The van der Waals surface area contributed by atoms with Crippen molar-refractivity contribution in [3.63, 3.8) is 0 Å². The molecule has 3 atom stereocenters. The van der Waals surface area contributed by atoms with Crippen LogP contribution in [0.4, 0.5) is 0 Å². The summed E-state index contributed by atoms with van der Waals surface area (Å²) in [6, 6.07) is -0.850. The average molecular weight is 591 g/mol. The molecular weight excluding hydrogens is 527 g/mol. The van der Waals surface area contributed by atoms with Crippen molar-refractivity contribution >= 4 is 13.7 Å². The topological polar surface area (TPSA) is 131 Å². The predicted octanol–water partition coefficient (Wildman–Crippen LogP) is 7.71. The molecule has 0 aliphatic heterocycles. The Morgan fingerprint density at radius 2 is 1.27 bits per heavy atom. The monoisotopic (exact) mass is 590 g/mol. The number of unbranched alkanes of at least 4 members (excludes halogenated alkanes) is 18. The van der Waals surface area contributed by atoms with Crippen LogP contribution in [0.25, 0.3) is 0 Å². The Balaban J connectivity index is 4.37. The van der Waals surface area contributed by atoms with E-state index < -0.39 is 20.0 Å². The Morgan fingerprint density at radius 1 is 0.800 bits per heavy atom. The number of nitrogens with two attached hydrogens (primary N) is 1. The Kier molecular flexibility index (Phi) is 27.8. The number of hydrogen-bond donors (Lipinski definition) is 4. The highest BCUT2D eigenvalue weighted by Crippen LogP contribution is 2.43. The fraction of sp³-hybridized carbons (Fsp3) is 0.903. The summed E-state index contributed by atoms with van der Waals surface area (Å²) >= 11 is 0. The zero-order valence-corrected chi connectivity index (χ0v) is 26.7. The lowest BCUT2D eigenvalue weighted by Crippen LogP contribution is -2.45. The van der Waals surface area contributed by atoms with E-state index in [-0.39, 0.29) is 25.7 Å². The van der Waals surface area contributed by atoms with Gasteiger partial charge in [0, 0.05) is 13.0 Å². The Labute approximate surface area is 245 Å². The number of nitrogens with one attached hydrogen (secondary N) is 1. The number of amides is 1. The second-order valence-corrected chi connectivity index (χ2v) is 12.5. The van der Waals surface area contributed by atoms with Crippen LogP contribution in [-0.2, 0) is 18.4 Å². The minimum atomic E-state index is -4.31. The van der Waals surface area contributed by atoms with Gasteiger partial charge in [-0.05, 0) is 19.3 Å². The van der Waals surface area contributed by atoms with Crippen LogP contribution < -0.4 is 11.1 Å². The van der Waals surface area contributed by atoms with Crippen LogP contribution in [0.15, 0.2) is 12.2 Å². The summed E-state index contributed by atoms with van der Waals surface area (Å²) in [6.07, 6.45) is 27.0. The fourth-order valence-electron chi connectivity index (χ4n) is 4.60. The summed E-state index contributed by atoms with van der Waals surface area (Å²) < 4.78 is 21.9. The third-order valence-electron chi connectivity index (χ3n) is 7.11. The minimum absolute atomic E-state index is 0.0804. The Bertz CT molecular complexity index is 649. The number of aliphatic hydroxyl groups excluding tert-OH is 1. The molecule has 0 spiro atoms. The smallest absolute Gasteiger partial charge is 0.387 e. The van der Waals surface area contributed by atoms with Crippen LogP contribution >= 0.6 is 7.82 Å². The van der Waals surface area contributed by atoms with E-state index >= 15 is 0 Å². The third-order valence-corrected chi connectivity index (χ3v) is 8.10. The van der Waals surface area contributed by atoms with E-state index in [9.17, 15) is 19.4 Å². The number of phosphoric acid groups is 1. The van der Waals surface area contributed by atoms with Gasteiger partial charge in [-0.15, -0.1) is 0 Å². The van der Waals surface area contributed by atoms with Gasteiger partial charge >= 0.3 is 7.82 Å². The molecule has 0 saturated heterocycles. The number of allylic oxidation sites excluding steroid dienone is 1. The van der Waals surface area contributed by atoms with E-state index in [1.807, 2.05) is 6.08 Å². The first-order chi connectivity index (χ1) is 19.4. The van der Waals surface area contributed by atoms with Gasteiger partial charge in [-0.2, -0.15) is 0 Å². The van der Waals surface area contributed by atoms with Crippen LogP contribution in [0.2, 0.25) is 0 Å². The van der Waals surface area contributed by atoms with Crippen LogP contribution in [0.1, 0.15) is 149 Å². The maximum Gasteiger partial charge on any atom is 0.472 e. The molecule has 0 heterocycles. The molecule has 238 valence electrons. The fourth-order valence-corrected chi connectivity index (χ4v) is 5.36. The zero-order chi connectivity index (χ0) is 29.7. The van der Waals surface area contributed by atoms with Gasteiger partial charge in [0.25, 0.3) is 0 Å². The average Bonchev–Trinajstić information content (AvgIpc) is 2.93. The molecular formula is C31H63N2O6P. The Morgan fingerprint density at radius 3 is 1.77 bits per heavy atom. The first-order valence-corrected chi connectivity index (χ1v) is 17.8. The highest BCUT2D eigenvalue weighted by molar-refractivity contribution is 7.47. The lowest BCUT2D eigenvalue weighted by atomic mass is 10.0. The highest BCUT2D eigenvalue weighted by Gasteiger charge is 2.26. The first kappa shape index (κ1) is 39.2. The second-order valence-electron chi connectivity index (χ2n) is 11.0. The van der Waals surface area contributed by atoms with Gasteiger partial charge in [0.2, 0.25) is 5.91 Å². The molecule has 0 aromatic rings. The number of rotatable bonds is 30. The molecule has 1 unspecified atom stereocenters. The predicted molar refractivity (Wildman–Crippen MR) is 166 cm³/mol. The summed E-state index contributed by atoms with van der Waals surface area (Å²) in [5, 5.41) is 13.5. The summed E-state index contributed by atoms with van der Waals surface area (Å²) in [5.74, 6) is -0.203. The number of aliphatic hydroxyl groups is 1. The highest BCUT2D eigenvalue weighted by atomic mass is 31.2. The third kappa shape index (κ3) is 26.2. The van der Waals surface area contributed by atoms with E-state index in [1.54, 1.807) is 6.08 Å². The van der Waals surface area contributed by atoms with Crippen molar-refractivity contribution in [3.8, 4) is 0 Å². The van der Waals surface area contributed by atoms with Crippen LogP contribution in [-0.4, -0.2) is 47.8 Å². The normalized spacial score (nSPS) is 14.8. The van der Waals surface area contributed by atoms with E-state index in [4.69, 9.17) is 14.8 Å². The molecule has 0 aromatic heterocycles. The SMILES string of the molecule is CCCCCCCCCCCCCC/C=C/[C@@H](O)[C@H](COP(=O)(O)OCCN)NC(=O)CCCCCCCCC. The van der Waals surface area contributed by atoms with Gasteiger partial charge in [-0.3, -0.25) is 13.8 Å². The standard InChI is InChI=1S/C31H63N2O6P/c1-3-5-7-9-11-12-13-14-15-16-17-19-20-22-24-30(34)29(28-39-40(36,37)38-27-26-32)33-31(35)25-23-21-18-10-8-6-4-2/h22,24,29-30,34H,3-21,23,25-28,32H2,1-2H3,(H,33,35)(H,36,37)/b24-22+/t29-,30+/m0/s1. The van der Waals surface area contributed by atoms with E-state index in [0.717, 1.165) is 38.5 Å². The number of carbonyl (C=O) groups is 1. The quantitative estimate of drug-likeness (QED) is 0.0383. The molecule has 5 N–H and O–H groups in total. The summed E-state index contributed by atoms with van der Waals surface area (Å²) in [4.78, 5) is 22.3. The molecule has 0 aliphatic rings. The van der Waals surface area contributed by atoms with Crippen molar-refractivity contribution in [2.45, 2.75) is 161 Å². The van der Waals surface area contributed by atoms with Gasteiger partial charge in [-0.1, -0.05) is 135 Å². The maximum absolute atomic E-state index is 12.5. The molecule has 8 nitrogen and oxygen atoms in total. The van der Waals surface area contributed by atoms with Crippen LogP contribution in [0, 0.1) is 0 Å². The summed E-state index contributed by atoms with van der Waals surface area (Å²) in [7, 11) is -4.31. The number of hydrogen-bond acceptors (Lipinski definition) is 6. The number of phosphoric ester groups is 1. The zero-order valence-electron chi connectivity index (χ0n) is 25.8. The molecule has 0 aliphatic carbocycles. The second kappa shape index (κ2) is 28.4. The van der Waals surface area contributed by atoms with Gasteiger partial charge in [0.1, 0.15) is 0 Å². The van der Waals surface area contributed by atoms with Gasteiger partial charge in [-0.25, -0.2) is 4.57 Å². The molecule has 0 saturated carbocycles. The van der Waals surface area contributed by atoms with Crippen molar-refractivity contribution in [2.75, 3.05) is 19.8 Å². The van der Waals surface area contributed by atoms with Crippen molar-refractivity contribution in [1.29, 1.82) is 0 Å². The minimum Gasteiger partial charge on any atom is -0.387 e. The molecule has 0 rings (SSSR count). The molecule has 0 aromatic carbocycles. The van der Waals surface area contributed by atoms with Crippen molar-refractivity contribution < 1.29 is 28.4 Å². The van der Waals surface area contributed by atoms with E-state index in [1.165, 1.54) is 89.9 Å². The van der Waals surface area contributed by atoms with Crippen molar-refractivity contribution in [2.24, 2.45) is 5.73 Å². The molecule has 0 bridgehead atoms. The van der Waals surface area contributed by atoms with Gasteiger partial charge in [0.15, 0.2) is 0 Å². The van der Waals surface area contributed by atoms with Crippen molar-refractivity contribution in [3.05, 3.63) is 12.2 Å². The van der Waals surface area contributed by atoms with E-state index in [2.05, 4.69) is 19.2 Å². The molecule has 40 heavy (non-hydrogen) atoms.